The molecule has 0 bridgehead atoms. The second kappa shape index (κ2) is 8.54. The van der Waals surface area contributed by atoms with Crippen molar-refractivity contribution in [1.29, 1.82) is 0 Å². The Bertz CT molecular complexity index is 777. The summed E-state index contributed by atoms with van der Waals surface area (Å²) in [5.41, 5.74) is 3.65. The molecule has 6 heteroatoms. The Hall–Kier alpha value is -1.76. The van der Waals surface area contributed by atoms with Gasteiger partial charge >= 0.3 is 0 Å². The van der Waals surface area contributed by atoms with Gasteiger partial charge in [0.2, 0.25) is 11.8 Å². The number of benzene rings is 1. The summed E-state index contributed by atoms with van der Waals surface area (Å²) in [6, 6.07) is 6.66. The maximum absolute atomic E-state index is 9.08. The fraction of sp³-hybridized carbons (Fsp3) is 0.652. The molecule has 0 amide bonds. The van der Waals surface area contributed by atoms with Gasteiger partial charge in [0.1, 0.15) is 0 Å². The molecule has 1 aliphatic rings. The van der Waals surface area contributed by atoms with Crippen molar-refractivity contribution in [2.45, 2.75) is 58.9 Å². The first kappa shape index (κ1) is 21.9. The number of nitrogens with zero attached hydrogens (tertiary/aromatic N) is 4. The predicted molar refractivity (Wildman–Crippen MR) is 116 cm³/mol. The zero-order valence-corrected chi connectivity index (χ0v) is 18.8. The minimum Gasteiger partial charge on any atom is -0.419 e. The van der Waals surface area contributed by atoms with Crippen LogP contribution >= 0.6 is 0 Å². The Morgan fingerprint density at radius 2 is 1.41 bits per heavy atom. The average Bonchev–Trinajstić information content (AvgIpc) is 3.10. The molecule has 1 saturated heterocycles. The van der Waals surface area contributed by atoms with Gasteiger partial charge in [0, 0.05) is 38.3 Å². The smallest absolute Gasteiger partial charge is 0.247 e. The standard InChI is InChI=1S/C23H36N4O2/c1-22(2,3)18-13-17(14-19(15-18)23(4,5)6)21-25-24-20(29-21)16-27-9-7-26(8-10-27)11-12-28/h13-15,28H,7-12,16H2,1-6H3. The lowest BCUT2D eigenvalue weighted by Crippen LogP contribution is -2.46. The normalized spacial score (nSPS) is 17.1. The van der Waals surface area contributed by atoms with Crippen molar-refractivity contribution in [3.8, 4) is 11.5 Å². The van der Waals surface area contributed by atoms with Crippen molar-refractivity contribution in [3.63, 3.8) is 0 Å². The second-order valence-electron chi connectivity index (χ2n) is 10.1. The second-order valence-corrected chi connectivity index (χ2v) is 10.1. The first-order chi connectivity index (χ1) is 13.6. The van der Waals surface area contributed by atoms with E-state index in [2.05, 4.69) is 79.7 Å². The molecule has 2 heterocycles. The maximum Gasteiger partial charge on any atom is 0.247 e. The van der Waals surface area contributed by atoms with E-state index >= 15 is 0 Å². The molecule has 29 heavy (non-hydrogen) atoms. The minimum absolute atomic E-state index is 0.0487. The number of hydrogen-bond donors (Lipinski definition) is 1. The van der Waals surface area contributed by atoms with Crippen LogP contribution in [-0.4, -0.2) is 64.4 Å². The van der Waals surface area contributed by atoms with Crippen LogP contribution in [0.2, 0.25) is 0 Å². The van der Waals surface area contributed by atoms with Crippen LogP contribution in [0, 0.1) is 0 Å². The molecule has 6 nitrogen and oxygen atoms in total. The third-order valence-electron chi connectivity index (χ3n) is 5.62. The highest BCUT2D eigenvalue weighted by Crippen LogP contribution is 2.33. The van der Waals surface area contributed by atoms with Gasteiger partial charge in [-0.1, -0.05) is 47.6 Å². The number of aliphatic hydroxyl groups excluding tert-OH is 1. The van der Waals surface area contributed by atoms with Crippen LogP contribution in [0.15, 0.2) is 22.6 Å². The molecule has 160 valence electrons. The van der Waals surface area contributed by atoms with Crippen LogP contribution in [0.3, 0.4) is 0 Å². The number of piperazine rings is 1. The molecule has 1 aliphatic heterocycles. The molecule has 0 saturated carbocycles. The zero-order valence-electron chi connectivity index (χ0n) is 18.8. The van der Waals surface area contributed by atoms with Gasteiger partial charge in [-0.3, -0.25) is 9.80 Å². The molecule has 1 fully saturated rings. The third-order valence-corrected chi connectivity index (χ3v) is 5.62. The Morgan fingerprint density at radius 1 is 0.862 bits per heavy atom. The van der Waals surface area contributed by atoms with Gasteiger partial charge in [-0.2, -0.15) is 0 Å². The molecule has 1 aromatic carbocycles. The van der Waals surface area contributed by atoms with E-state index < -0.39 is 0 Å². The number of rotatable bonds is 5. The molecule has 2 aromatic rings. The zero-order chi connectivity index (χ0) is 21.2. The highest BCUT2D eigenvalue weighted by atomic mass is 16.4. The van der Waals surface area contributed by atoms with Crippen molar-refractivity contribution in [1.82, 2.24) is 20.0 Å². The van der Waals surface area contributed by atoms with Gasteiger partial charge in [-0.25, -0.2) is 0 Å². The van der Waals surface area contributed by atoms with E-state index in [-0.39, 0.29) is 17.4 Å². The Labute approximate surface area is 174 Å². The molecule has 0 radical (unpaired) electrons. The topological polar surface area (TPSA) is 65.6 Å². The quantitative estimate of drug-likeness (QED) is 0.829. The summed E-state index contributed by atoms with van der Waals surface area (Å²) in [5, 5.41) is 17.8. The highest BCUT2D eigenvalue weighted by molar-refractivity contribution is 5.57. The summed E-state index contributed by atoms with van der Waals surface area (Å²) in [7, 11) is 0. The monoisotopic (exact) mass is 400 g/mol. The number of hydrogen-bond acceptors (Lipinski definition) is 6. The summed E-state index contributed by atoms with van der Waals surface area (Å²) in [6.07, 6.45) is 0. The van der Waals surface area contributed by atoms with Gasteiger partial charge in [-0.15, -0.1) is 10.2 Å². The van der Waals surface area contributed by atoms with Crippen LogP contribution < -0.4 is 0 Å². The van der Waals surface area contributed by atoms with E-state index in [0.717, 1.165) is 38.3 Å². The number of β-amino-alcohol motifs (C(OH)–C–C–N with tert-alkyl or cyclic N) is 1. The number of aliphatic hydroxyl groups is 1. The van der Waals surface area contributed by atoms with Crippen LogP contribution in [-0.2, 0) is 17.4 Å². The fourth-order valence-electron chi connectivity index (χ4n) is 3.55. The van der Waals surface area contributed by atoms with Gasteiger partial charge in [-0.05, 0) is 34.1 Å². The lowest BCUT2D eigenvalue weighted by molar-refractivity contribution is 0.103. The summed E-state index contributed by atoms with van der Waals surface area (Å²) in [6.45, 7) is 18.8. The molecule has 3 rings (SSSR count). The summed E-state index contributed by atoms with van der Waals surface area (Å²) in [5.74, 6) is 1.25. The molecule has 0 atom stereocenters. The van der Waals surface area contributed by atoms with Gasteiger partial charge in [0.25, 0.3) is 0 Å². The predicted octanol–water partition coefficient (Wildman–Crippen LogP) is 3.44. The molecule has 0 aliphatic carbocycles. The molecular formula is C23H36N4O2. The molecular weight excluding hydrogens is 364 g/mol. The van der Waals surface area contributed by atoms with E-state index in [4.69, 9.17) is 9.52 Å². The van der Waals surface area contributed by atoms with E-state index in [1.807, 2.05) is 0 Å². The fourth-order valence-corrected chi connectivity index (χ4v) is 3.55. The van der Waals surface area contributed by atoms with Crippen LogP contribution in [0.4, 0.5) is 0 Å². The van der Waals surface area contributed by atoms with Crippen molar-refractivity contribution < 1.29 is 9.52 Å². The van der Waals surface area contributed by atoms with Crippen molar-refractivity contribution >= 4 is 0 Å². The van der Waals surface area contributed by atoms with Crippen molar-refractivity contribution in [2.75, 3.05) is 39.3 Å². The first-order valence-electron chi connectivity index (χ1n) is 10.6. The van der Waals surface area contributed by atoms with E-state index in [0.29, 0.717) is 18.3 Å². The summed E-state index contributed by atoms with van der Waals surface area (Å²) < 4.78 is 6.06. The Morgan fingerprint density at radius 3 is 1.93 bits per heavy atom. The Kier molecular flexibility index (Phi) is 6.46. The molecule has 1 N–H and O–H groups in total. The maximum atomic E-state index is 9.08. The highest BCUT2D eigenvalue weighted by Gasteiger charge is 2.23. The van der Waals surface area contributed by atoms with Crippen molar-refractivity contribution in [3.05, 3.63) is 35.2 Å². The summed E-state index contributed by atoms with van der Waals surface area (Å²) in [4.78, 5) is 4.61. The van der Waals surface area contributed by atoms with Crippen molar-refractivity contribution in [2.24, 2.45) is 0 Å². The van der Waals surface area contributed by atoms with Crippen LogP contribution in [0.25, 0.3) is 11.5 Å². The molecule has 0 spiro atoms. The lowest BCUT2D eigenvalue weighted by atomic mass is 9.79. The molecule has 0 unspecified atom stereocenters. The molecule has 1 aromatic heterocycles. The minimum atomic E-state index is 0.0487. The number of aromatic nitrogens is 2. The first-order valence-corrected chi connectivity index (χ1v) is 10.6. The largest absolute Gasteiger partial charge is 0.419 e. The van der Waals surface area contributed by atoms with E-state index in [9.17, 15) is 0 Å². The van der Waals surface area contributed by atoms with Gasteiger partial charge in [0.05, 0.1) is 13.2 Å². The van der Waals surface area contributed by atoms with E-state index in [1.54, 1.807) is 0 Å². The lowest BCUT2D eigenvalue weighted by Gasteiger charge is -2.33. The van der Waals surface area contributed by atoms with Gasteiger partial charge < -0.3 is 9.52 Å². The van der Waals surface area contributed by atoms with Crippen LogP contribution in [0.5, 0.6) is 0 Å². The SMILES string of the molecule is CC(C)(C)c1cc(-c2nnc(CN3CCN(CCO)CC3)o2)cc(C(C)(C)C)c1. The Balaban J connectivity index is 1.78. The van der Waals surface area contributed by atoms with Crippen LogP contribution in [0.1, 0.15) is 58.6 Å². The third kappa shape index (κ3) is 5.65. The van der Waals surface area contributed by atoms with E-state index in [1.165, 1.54) is 11.1 Å². The summed E-state index contributed by atoms with van der Waals surface area (Å²) >= 11 is 0. The average molecular weight is 401 g/mol. The van der Waals surface area contributed by atoms with Gasteiger partial charge in [0.15, 0.2) is 0 Å².